The van der Waals surface area contributed by atoms with Crippen LogP contribution in [0, 0.1) is 13.8 Å². The van der Waals surface area contributed by atoms with Gasteiger partial charge in [-0.25, -0.2) is 4.98 Å². The molecule has 0 saturated heterocycles. The third-order valence-electron chi connectivity index (χ3n) is 2.69. The number of aromatic nitrogens is 1. The molecule has 17 heavy (non-hydrogen) atoms. The van der Waals surface area contributed by atoms with Gasteiger partial charge >= 0.3 is 0 Å². The van der Waals surface area contributed by atoms with Crippen molar-refractivity contribution in [2.75, 3.05) is 0 Å². The fourth-order valence-electron chi connectivity index (χ4n) is 1.67. The Morgan fingerprint density at radius 2 is 2.06 bits per heavy atom. The van der Waals surface area contributed by atoms with E-state index in [0.29, 0.717) is 0 Å². The van der Waals surface area contributed by atoms with Crippen LogP contribution in [0.25, 0.3) is 0 Å². The molecule has 0 aliphatic carbocycles. The predicted molar refractivity (Wildman–Crippen MR) is 79.0 cm³/mol. The minimum atomic E-state index is -0.0889. The van der Waals surface area contributed by atoms with Crippen molar-refractivity contribution in [2.24, 2.45) is 5.73 Å². The van der Waals surface area contributed by atoms with Crippen molar-refractivity contribution in [3.8, 4) is 0 Å². The Bertz CT molecular complexity index is 511. The Kier molecular flexibility index (Phi) is 4.02. The van der Waals surface area contributed by atoms with Gasteiger partial charge in [-0.2, -0.15) is 0 Å². The van der Waals surface area contributed by atoms with Crippen LogP contribution in [0.4, 0.5) is 0 Å². The average molecular weight is 331 g/mol. The fourth-order valence-corrected chi connectivity index (χ4v) is 4.34. The number of rotatable bonds is 3. The van der Waals surface area contributed by atoms with E-state index in [4.69, 9.17) is 5.73 Å². The minimum absolute atomic E-state index is 0.0889. The first-order valence-corrected chi connectivity index (χ1v) is 7.93. The third-order valence-corrected chi connectivity index (χ3v) is 6.01. The van der Waals surface area contributed by atoms with E-state index >= 15 is 0 Å². The van der Waals surface area contributed by atoms with Gasteiger partial charge in [-0.05, 0) is 42.3 Å². The van der Waals surface area contributed by atoms with Crippen LogP contribution < -0.4 is 5.73 Å². The number of halogens is 1. The van der Waals surface area contributed by atoms with Crippen LogP contribution >= 0.6 is 38.6 Å². The van der Waals surface area contributed by atoms with E-state index in [-0.39, 0.29) is 6.04 Å². The molecular weight excluding hydrogens is 316 g/mol. The van der Waals surface area contributed by atoms with E-state index in [1.165, 1.54) is 20.3 Å². The molecule has 0 spiro atoms. The first-order chi connectivity index (χ1) is 8.02. The van der Waals surface area contributed by atoms with Crippen LogP contribution in [0.5, 0.6) is 0 Å². The number of hydrogen-bond donors (Lipinski definition) is 1. The van der Waals surface area contributed by atoms with Gasteiger partial charge in [-0.1, -0.05) is 6.92 Å². The quantitative estimate of drug-likeness (QED) is 0.916. The summed E-state index contributed by atoms with van der Waals surface area (Å²) in [5.74, 6) is 0. The van der Waals surface area contributed by atoms with Crippen LogP contribution in [0.3, 0.4) is 0 Å². The molecule has 0 aliphatic rings. The molecule has 0 fully saturated rings. The molecule has 0 aliphatic heterocycles. The van der Waals surface area contributed by atoms with Gasteiger partial charge in [0.2, 0.25) is 0 Å². The summed E-state index contributed by atoms with van der Waals surface area (Å²) in [6, 6.07) is 2.02. The zero-order valence-corrected chi connectivity index (χ0v) is 13.3. The van der Waals surface area contributed by atoms with Gasteiger partial charge in [0.15, 0.2) is 0 Å². The van der Waals surface area contributed by atoms with E-state index in [0.717, 1.165) is 15.9 Å². The lowest BCUT2D eigenvalue weighted by molar-refractivity contribution is 0.861. The first-order valence-electron chi connectivity index (χ1n) is 5.50. The number of thiophene rings is 1. The maximum atomic E-state index is 6.27. The van der Waals surface area contributed by atoms with Gasteiger partial charge in [0, 0.05) is 19.1 Å². The molecule has 0 saturated carbocycles. The molecular formula is C12H15BrN2S2. The third kappa shape index (κ3) is 2.62. The van der Waals surface area contributed by atoms with Crippen molar-refractivity contribution in [1.29, 1.82) is 0 Å². The molecule has 1 unspecified atom stereocenters. The summed E-state index contributed by atoms with van der Waals surface area (Å²) in [6.07, 6.45) is 0.974. The molecule has 0 aromatic carbocycles. The monoisotopic (exact) mass is 330 g/mol. The van der Waals surface area contributed by atoms with Crippen molar-refractivity contribution in [1.82, 2.24) is 4.98 Å². The van der Waals surface area contributed by atoms with Crippen molar-refractivity contribution in [3.63, 3.8) is 0 Å². The highest BCUT2D eigenvalue weighted by Crippen LogP contribution is 2.34. The van der Waals surface area contributed by atoms with Crippen LogP contribution in [-0.2, 0) is 6.42 Å². The first kappa shape index (κ1) is 13.2. The Balaban J connectivity index is 2.32. The van der Waals surface area contributed by atoms with Crippen LogP contribution in [-0.4, -0.2) is 4.98 Å². The van der Waals surface area contributed by atoms with Crippen LogP contribution in [0.15, 0.2) is 10.5 Å². The minimum Gasteiger partial charge on any atom is -0.318 e. The van der Waals surface area contributed by atoms with Gasteiger partial charge in [0.05, 0.1) is 11.7 Å². The van der Waals surface area contributed by atoms with Crippen LogP contribution in [0.2, 0.25) is 0 Å². The molecule has 2 aromatic heterocycles. The Hall–Kier alpha value is -0.230. The molecule has 2 rings (SSSR count). The smallest absolute Gasteiger partial charge is 0.115 e. The van der Waals surface area contributed by atoms with Crippen molar-refractivity contribution >= 4 is 38.6 Å². The normalized spacial score (nSPS) is 13.0. The zero-order chi connectivity index (χ0) is 12.6. The molecule has 2 N–H and O–H groups in total. The lowest BCUT2D eigenvalue weighted by Crippen LogP contribution is -2.09. The van der Waals surface area contributed by atoms with Gasteiger partial charge in [-0.3, -0.25) is 0 Å². The summed E-state index contributed by atoms with van der Waals surface area (Å²) < 4.78 is 1.14. The highest BCUT2D eigenvalue weighted by Gasteiger charge is 2.17. The lowest BCUT2D eigenvalue weighted by Gasteiger charge is -2.04. The van der Waals surface area contributed by atoms with Crippen molar-refractivity contribution in [2.45, 2.75) is 33.2 Å². The fraction of sp³-hybridized carbons (Fsp3) is 0.417. The number of nitrogens with zero attached hydrogens (tertiary/aromatic N) is 1. The highest BCUT2D eigenvalue weighted by molar-refractivity contribution is 9.10. The van der Waals surface area contributed by atoms with Gasteiger partial charge < -0.3 is 5.73 Å². The summed E-state index contributed by atoms with van der Waals surface area (Å²) in [5.41, 5.74) is 7.45. The van der Waals surface area contributed by atoms with Crippen LogP contribution in [0.1, 0.15) is 38.3 Å². The SMILES string of the molecule is CCc1nc(C(N)c2cc(Br)c(C)s2)sc1C. The second-order valence-corrected chi connectivity index (χ2v) is 7.32. The van der Waals surface area contributed by atoms with E-state index in [1.54, 1.807) is 22.7 Å². The van der Waals surface area contributed by atoms with E-state index in [9.17, 15) is 0 Å². The van der Waals surface area contributed by atoms with Gasteiger partial charge in [0.1, 0.15) is 5.01 Å². The average Bonchev–Trinajstić information content (AvgIpc) is 2.82. The molecule has 2 nitrogen and oxygen atoms in total. The Morgan fingerprint density at radius 3 is 2.53 bits per heavy atom. The van der Waals surface area contributed by atoms with E-state index in [2.05, 4.69) is 47.8 Å². The lowest BCUT2D eigenvalue weighted by atomic mass is 10.2. The standard InChI is InChI=1S/C12H15BrN2S2/c1-4-9-7(3)17-12(15-9)11(14)10-5-8(13)6(2)16-10/h5,11H,4,14H2,1-3H3. The summed E-state index contributed by atoms with van der Waals surface area (Å²) in [6.45, 7) is 6.33. The maximum Gasteiger partial charge on any atom is 0.115 e. The second-order valence-electron chi connectivity index (χ2n) is 3.94. The van der Waals surface area contributed by atoms with Crippen molar-refractivity contribution in [3.05, 3.63) is 35.9 Å². The molecule has 0 amide bonds. The number of aryl methyl sites for hydroxylation is 3. The summed E-state index contributed by atoms with van der Waals surface area (Å²) in [7, 11) is 0. The molecule has 1 atom stereocenters. The highest BCUT2D eigenvalue weighted by atomic mass is 79.9. The zero-order valence-electron chi connectivity index (χ0n) is 10.1. The maximum absolute atomic E-state index is 6.27. The van der Waals surface area contributed by atoms with Crippen molar-refractivity contribution < 1.29 is 0 Å². The Morgan fingerprint density at radius 1 is 1.35 bits per heavy atom. The predicted octanol–water partition coefficient (Wildman–Crippen LogP) is 4.19. The molecule has 0 radical (unpaired) electrons. The molecule has 92 valence electrons. The molecule has 5 heteroatoms. The van der Waals surface area contributed by atoms with E-state index in [1.807, 2.05) is 0 Å². The van der Waals surface area contributed by atoms with E-state index < -0.39 is 0 Å². The summed E-state index contributed by atoms with van der Waals surface area (Å²) >= 11 is 6.98. The molecule has 2 heterocycles. The Labute approximate surface area is 118 Å². The summed E-state index contributed by atoms with van der Waals surface area (Å²) in [4.78, 5) is 8.35. The van der Waals surface area contributed by atoms with Gasteiger partial charge in [-0.15, -0.1) is 22.7 Å². The number of nitrogens with two attached hydrogens (primary N) is 1. The number of thiazole rings is 1. The topological polar surface area (TPSA) is 38.9 Å². The van der Waals surface area contributed by atoms with Gasteiger partial charge in [0.25, 0.3) is 0 Å². The number of hydrogen-bond acceptors (Lipinski definition) is 4. The summed E-state index contributed by atoms with van der Waals surface area (Å²) in [5, 5.41) is 1.02. The molecule has 2 aromatic rings. The molecule has 0 bridgehead atoms. The largest absolute Gasteiger partial charge is 0.318 e. The second kappa shape index (κ2) is 5.18.